The molecule has 1 aromatic carbocycles. The van der Waals surface area contributed by atoms with Crippen LogP contribution < -0.4 is 10.1 Å². The van der Waals surface area contributed by atoms with Crippen molar-refractivity contribution in [2.75, 3.05) is 13.7 Å². The fourth-order valence-corrected chi connectivity index (χ4v) is 2.90. The Bertz CT molecular complexity index is 462. The summed E-state index contributed by atoms with van der Waals surface area (Å²) in [6, 6.07) is 4.47. The highest BCUT2D eigenvalue weighted by Crippen LogP contribution is 2.25. The van der Waals surface area contributed by atoms with Crippen molar-refractivity contribution >= 4 is 5.78 Å². The van der Waals surface area contributed by atoms with Gasteiger partial charge in [0, 0.05) is 6.04 Å². The zero-order valence-electron chi connectivity index (χ0n) is 12.1. The predicted octanol–water partition coefficient (Wildman–Crippen LogP) is 3.03. The minimum absolute atomic E-state index is 0.126. The highest BCUT2D eigenvalue weighted by atomic mass is 16.5. The molecule has 1 saturated carbocycles. The van der Waals surface area contributed by atoms with E-state index >= 15 is 0 Å². The van der Waals surface area contributed by atoms with Crippen LogP contribution in [0.15, 0.2) is 12.1 Å². The number of methoxy groups -OCH3 is 1. The highest BCUT2D eigenvalue weighted by molar-refractivity contribution is 6.01. The third-order valence-electron chi connectivity index (χ3n) is 3.85. The largest absolute Gasteiger partial charge is 0.496 e. The van der Waals surface area contributed by atoms with Crippen LogP contribution in [0.5, 0.6) is 5.75 Å². The van der Waals surface area contributed by atoms with Crippen LogP contribution in [0, 0.1) is 13.8 Å². The Hall–Kier alpha value is -1.35. The summed E-state index contributed by atoms with van der Waals surface area (Å²) >= 11 is 0. The quantitative estimate of drug-likeness (QED) is 0.828. The third kappa shape index (κ3) is 3.35. The van der Waals surface area contributed by atoms with Crippen LogP contribution in [0.4, 0.5) is 0 Å². The molecule has 19 heavy (non-hydrogen) atoms. The van der Waals surface area contributed by atoms with E-state index < -0.39 is 0 Å². The molecule has 1 aromatic rings. The maximum absolute atomic E-state index is 12.4. The van der Waals surface area contributed by atoms with Crippen LogP contribution in [0.25, 0.3) is 0 Å². The topological polar surface area (TPSA) is 38.3 Å². The van der Waals surface area contributed by atoms with E-state index in [1.54, 1.807) is 7.11 Å². The molecule has 1 aliphatic carbocycles. The van der Waals surface area contributed by atoms with Gasteiger partial charge >= 0.3 is 0 Å². The smallest absolute Gasteiger partial charge is 0.180 e. The van der Waals surface area contributed by atoms with Crippen molar-refractivity contribution in [3.05, 3.63) is 28.8 Å². The standard InChI is InChI=1S/C16H23NO2/c1-11-8-12(2)16(15(9-11)19-3)14(18)10-17-13-6-4-5-7-13/h8-9,13,17H,4-7,10H2,1-3H3. The Balaban J connectivity index is 2.09. The molecule has 0 aliphatic heterocycles. The molecule has 104 valence electrons. The van der Waals surface area contributed by atoms with Gasteiger partial charge < -0.3 is 10.1 Å². The monoisotopic (exact) mass is 261 g/mol. The Kier molecular flexibility index (Phi) is 4.59. The number of hydrogen-bond acceptors (Lipinski definition) is 3. The normalized spacial score (nSPS) is 15.7. The fourth-order valence-electron chi connectivity index (χ4n) is 2.90. The molecule has 0 atom stereocenters. The number of rotatable bonds is 5. The zero-order valence-corrected chi connectivity index (χ0v) is 12.1. The molecule has 1 aliphatic rings. The molecule has 0 heterocycles. The number of aryl methyl sites for hydroxylation is 2. The molecule has 0 bridgehead atoms. The lowest BCUT2D eigenvalue weighted by Crippen LogP contribution is -2.32. The SMILES string of the molecule is COc1cc(C)cc(C)c1C(=O)CNC1CCCC1. The van der Waals surface area contributed by atoms with E-state index in [9.17, 15) is 4.79 Å². The lowest BCUT2D eigenvalue weighted by Gasteiger charge is -2.15. The van der Waals surface area contributed by atoms with E-state index in [0.717, 1.165) is 16.7 Å². The van der Waals surface area contributed by atoms with Crippen LogP contribution >= 0.6 is 0 Å². The van der Waals surface area contributed by atoms with Crippen LogP contribution in [0.3, 0.4) is 0 Å². The number of carbonyl (C=O) groups is 1. The molecule has 2 rings (SSSR count). The van der Waals surface area contributed by atoms with Crippen molar-refractivity contribution in [1.82, 2.24) is 5.32 Å². The second kappa shape index (κ2) is 6.20. The van der Waals surface area contributed by atoms with Gasteiger partial charge in [-0.25, -0.2) is 0 Å². The summed E-state index contributed by atoms with van der Waals surface area (Å²) < 4.78 is 5.35. The Morgan fingerprint density at radius 3 is 2.63 bits per heavy atom. The zero-order chi connectivity index (χ0) is 13.8. The van der Waals surface area contributed by atoms with E-state index in [0.29, 0.717) is 18.3 Å². The molecule has 0 unspecified atom stereocenters. The fraction of sp³-hybridized carbons (Fsp3) is 0.562. The number of benzene rings is 1. The van der Waals surface area contributed by atoms with E-state index in [1.165, 1.54) is 25.7 Å². The van der Waals surface area contributed by atoms with Gasteiger partial charge in [0.1, 0.15) is 5.75 Å². The van der Waals surface area contributed by atoms with Gasteiger partial charge in [-0.1, -0.05) is 18.9 Å². The van der Waals surface area contributed by atoms with Crippen LogP contribution in [0.2, 0.25) is 0 Å². The molecule has 0 radical (unpaired) electrons. The van der Waals surface area contributed by atoms with E-state index in [1.807, 2.05) is 26.0 Å². The van der Waals surface area contributed by atoms with Crippen molar-refractivity contribution in [3.8, 4) is 5.75 Å². The minimum Gasteiger partial charge on any atom is -0.496 e. The number of carbonyl (C=O) groups excluding carboxylic acids is 1. The third-order valence-corrected chi connectivity index (χ3v) is 3.85. The van der Waals surface area contributed by atoms with Crippen LogP contribution in [-0.4, -0.2) is 25.5 Å². The summed E-state index contributed by atoms with van der Waals surface area (Å²) in [7, 11) is 1.62. The molecule has 3 nitrogen and oxygen atoms in total. The average Bonchev–Trinajstić information content (AvgIpc) is 2.88. The molecular formula is C16H23NO2. The molecule has 0 spiro atoms. The van der Waals surface area contributed by atoms with Gasteiger partial charge in [0.2, 0.25) is 0 Å². The van der Waals surface area contributed by atoms with Crippen molar-refractivity contribution in [2.45, 2.75) is 45.6 Å². The molecule has 1 N–H and O–H groups in total. The highest BCUT2D eigenvalue weighted by Gasteiger charge is 2.19. The Morgan fingerprint density at radius 1 is 1.32 bits per heavy atom. The predicted molar refractivity (Wildman–Crippen MR) is 77.1 cm³/mol. The van der Waals surface area contributed by atoms with Gasteiger partial charge in [-0.2, -0.15) is 0 Å². The first-order chi connectivity index (χ1) is 9.11. The van der Waals surface area contributed by atoms with E-state index in [-0.39, 0.29) is 5.78 Å². The first kappa shape index (κ1) is 14.1. The van der Waals surface area contributed by atoms with Gasteiger partial charge in [-0.15, -0.1) is 0 Å². The van der Waals surface area contributed by atoms with E-state index in [4.69, 9.17) is 4.74 Å². The first-order valence-corrected chi connectivity index (χ1v) is 7.03. The molecule has 0 saturated heterocycles. The molecule has 0 aromatic heterocycles. The summed E-state index contributed by atoms with van der Waals surface area (Å²) in [5, 5.41) is 3.37. The molecular weight excluding hydrogens is 238 g/mol. The van der Waals surface area contributed by atoms with Gasteiger partial charge in [0.05, 0.1) is 19.2 Å². The lowest BCUT2D eigenvalue weighted by molar-refractivity contribution is 0.0984. The Labute approximate surface area is 115 Å². The second-order valence-corrected chi connectivity index (χ2v) is 5.44. The summed E-state index contributed by atoms with van der Waals surface area (Å²) in [6.45, 7) is 4.39. The van der Waals surface area contributed by atoms with Gasteiger partial charge in [-0.05, 0) is 43.9 Å². The maximum Gasteiger partial charge on any atom is 0.180 e. The van der Waals surface area contributed by atoms with Crippen molar-refractivity contribution in [1.29, 1.82) is 0 Å². The number of nitrogens with one attached hydrogen (secondary N) is 1. The van der Waals surface area contributed by atoms with Gasteiger partial charge in [0.15, 0.2) is 5.78 Å². The van der Waals surface area contributed by atoms with Crippen LogP contribution in [-0.2, 0) is 0 Å². The number of Topliss-reactive ketones (excluding diaryl/α,β-unsaturated/α-hetero) is 1. The van der Waals surface area contributed by atoms with Crippen LogP contribution in [0.1, 0.15) is 47.2 Å². The Morgan fingerprint density at radius 2 is 2.00 bits per heavy atom. The summed E-state index contributed by atoms with van der Waals surface area (Å²) in [4.78, 5) is 12.4. The lowest BCUT2D eigenvalue weighted by atomic mass is 10.0. The van der Waals surface area contributed by atoms with E-state index in [2.05, 4.69) is 5.32 Å². The minimum atomic E-state index is 0.126. The summed E-state index contributed by atoms with van der Waals surface area (Å²) in [5.41, 5.74) is 2.84. The van der Waals surface area contributed by atoms with Crippen molar-refractivity contribution in [3.63, 3.8) is 0 Å². The summed E-state index contributed by atoms with van der Waals surface area (Å²) in [5.74, 6) is 0.817. The molecule has 1 fully saturated rings. The van der Waals surface area contributed by atoms with Gasteiger partial charge in [0.25, 0.3) is 0 Å². The average molecular weight is 261 g/mol. The summed E-state index contributed by atoms with van der Waals surface area (Å²) in [6.07, 6.45) is 4.94. The molecule has 0 amide bonds. The van der Waals surface area contributed by atoms with Crippen molar-refractivity contribution in [2.24, 2.45) is 0 Å². The molecule has 3 heteroatoms. The number of hydrogen-bond donors (Lipinski definition) is 1. The maximum atomic E-state index is 12.4. The number of ketones is 1. The van der Waals surface area contributed by atoms with Crippen molar-refractivity contribution < 1.29 is 9.53 Å². The van der Waals surface area contributed by atoms with Gasteiger partial charge in [-0.3, -0.25) is 4.79 Å². The number of ether oxygens (including phenoxy) is 1. The second-order valence-electron chi connectivity index (χ2n) is 5.44. The first-order valence-electron chi connectivity index (χ1n) is 7.03.